The molecular formula is C26H29ClN6O2. The van der Waals surface area contributed by atoms with E-state index >= 15 is 0 Å². The molecule has 0 aliphatic heterocycles. The fraction of sp³-hybridized carbons (Fsp3) is 0.231. The van der Waals surface area contributed by atoms with Crippen molar-refractivity contribution in [3.05, 3.63) is 94.0 Å². The van der Waals surface area contributed by atoms with Gasteiger partial charge in [0.05, 0.1) is 5.71 Å². The molecule has 1 heterocycles. The average molecular weight is 493 g/mol. The first kappa shape index (κ1) is 25.7. The smallest absolute Gasteiger partial charge is 0.316 e. The van der Waals surface area contributed by atoms with E-state index in [0.29, 0.717) is 34.2 Å². The first-order chi connectivity index (χ1) is 16.8. The first-order valence-electron chi connectivity index (χ1n) is 11.1. The van der Waals surface area contributed by atoms with Gasteiger partial charge in [0, 0.05) is 42.5 Å². The van der Waals surface area contributed by atoms with Crippen LogP contribution >= 0.6 is 11.6 Å². The molecule has 0 radical (unpaired) electrons. The van der Waals surface area contributed by atoms with Gasteiger partial charge in [-0.05, 0) is 49.2 Å². The maximum atomic E-state index is 12.2. The lowest BCUT2D eigenvalue weighted by Crippen LogP contribution is -2.21. The Morgan fingerprint density at radius 3 is 2.37 bits per heavy atom. The number of nitrogens with two attached hydrogens (primary N) is 1. The van der Waals surface area contributed by atoms with Gasteiger partial charge in [0.1, 0.15) is 5.70 Å². The third-order valence-corrected chi connectivity index (χ3v) is 5.19. The Labute approximate surface area is 210 Å². The summed E-state index contributed by atoms with van der Waals surface area (Å²) in [5.41, 5.74) is 10.0. The minimum atomic E-state index is -0.0676. The summed E-state index contributed by atoms with van der Waals surface area (Å²) in [5, 5.41) is 12.0. The van der Waals surface area contributed by atoms with Crippen LogP contribution in [0, 0.1) is 0 Å². The SMILES string of the molecule is CC/C=C/C(=N\C(=C(/C)N)c1nnc(NCc2ccc(Cl)cc2)o1)c1ccc(C(=O)N(C)C)cc1. The second kappa shape index (κ2) is 12.0. The highest BCUT2D eigenvalue weighted by molar-refractivity contribution is 6.30. The predicted octanol–water partition coefficient (Wildman–Crippen LogP) is 5.14. The number of aromatic nitrogens is 2. The highest BCUT2D eigenvalue weighted by Crippen LogP contribution is 2.22. The molecule has 3 N–H and O–H groups in total. The van der Waals surface area contributed by atoms with Crippen molar-refractivity contribution in [2.45, 2.75) is 26.8 Å². The largest absolute Gasteiger partial charge is 0.402 e. The second-order valence-corrected chi connectivity index (χ2v) is 8.45. The van der Waals surface area contributed by atoms with Crippen molar-refractivity contribution in [2.75, 3.05) is 19.4 Å². The molecule has 0 fully saturated rings. The van der Waals surface area contributed by atoms with Crippen LogP contribution in [0.1, 0.15) is 47.6 Å². The van der Waals surface area contributed by atoms with Crippen molar-refractivity contribution < 1.29 is 9.21 Å². The highest BCUT2D eigenvalue weighted by atomic mass is 35.5. The zero-order valence-corrected chi connectivity index (χ0v) is 21.0. The van der Waals surface area contributed by atoms with Crippen LogP contribution in [0.25, 0.3) is 5.70 Å². The second-order valence-electron chi connectivity index (χ2n) is 8.01. The van der Waals surface area contributed by atoms with E-state index in [-0.39, 0.29) is 17.8 Å². The van der Waals surface area contributed by atoms with E-state index in [1.165, 1.54) is 4.90 Å². The summed E-state index contributed by atoms with van der Waals surface area (Å²) in [6.07, 6.45) is 4.73. The standard InChI is InChI=1S/C26H29ClN6O2/c1-5-6-7-22(19-10-12-20(13-11-19)25(34)33(3)4)30-23(17(2)28)24-31-32-26(35-24)29-16-18-8-14-21(27)15-9-18/h6-15H,5,16,28H2,1-4H3,(H,29,32)/b7-6+,23-17+,30-22+. The number of nitrogens with zero attached hydrogens (tertiary/aromatic N) is 4. The molecule has 0 unspecified atom stereocenters. The summed E-state index contributed by atoms with van der Waals surface area (Å²) < 4.78 is 5.79. The number of hydrogen-bond acceptors (Lipinski definition) is 7. The number of anilines is 1. The number of allylic oxidation sites excluding steroid dienone is 3. The van der Waals surface area contributed by atoms with Gasteiger partial charge in [0.25, 0.3) is 11.8 Å². The number of rotatable bonds is 9. The van der Waals surface area contributed by atoms with E-state index in [0.717, 1.165) is 17.5 Å². The Hall–Kier alpha value is -3.91. The normalized spacial score (nSPS) is 12.5. The molecule has 8 nitrogen and oxygen atoms in total. The Bertz CT molecular complexity index is 1240. The summed E-state index contributed by atoms with van der Waals surface area (Å²) in [5.74, 6) is 0.132. The molecule has 9 heteroatoms. The summed E-state index contributed by atoms with van der Waals surface area (Å²) >= 11 is 5.94. The number of benzene rings is 2. The van der Waals surface area contributed by atoms with Crippen molar-refractivity contribution >= 4 is 34.9 Å². The van der Waals surface area contributed by atoms with Gasteiger partial charge in [-0.25, -0.2) is 4.99 Å². The maximum absolute atomic E-state index is 12.2. The van der Waals surface area contributed by atoms with Crippen LogP contribution in [0.15, 0.2) is 75.8 Å². The van der Waals surface area contributed by atoms with Gasteiger partial charge >= 0.3 is 6.01 Å². The Morgan fingerprint density at radius 1 is 1.11 bits per heavy atom. The Morgan fingerprint density at radius 2 is 1.77 bits per heavy atom. The molecule has 0 saturated carbocycles. The molecule has 182 valence electrons. The number of amides is 1. The van der Waals surface area contributed by atoms with E-state index in [2.05, 4.69) is 15.5 Å². The van der Waals surface area contributed by atoms with Gasteiger partial charge in [0.2, 0.25) is 0 Å². The molecule has 0 spiro atoms. The average Bonchev–Trinajstić information content (AvgIpc) is 3.32. The van der Waals surface area contributed by atoms with Gasteiger partial charge < -0.3 is 20.4 Å². The van der Waals surface area contributed by atoms with Crippen LogP contribution in [-0.4, -0.2) is 40.8 Å². The third kappa shape index (κ3) is 7.04. The van der Waals surface area contributed by atoms with E-state index < -0.39 is 0 Å². The zero-order valence-electron chi connectivity index (χ0n) is 20.2. The third-order valence-electron chi connectivity index (χ3n) is 4.94. The Kier molecular flexibility index (Phi) is 8.80. The van der Waals surface area contributed by atoms with Gasteiger partial charge in [-0.3, -0.25) is 4.79 Å². The van der Waals surface area contributed by atoms with Crippen LogP contribution in [-0.2, 0) is 6.54 Å². The highest BCUT2D eigenvalue weighted by Gasteiger charge is 2.15. The lowest BCUT2D eigenvalue weighted by atomic mass is 10.1. The molecular weight excluding hydrogens is 464 g/mol. The summed E-state index contributed by atoms with van der Waals surface area (Å²) in [4.78, 5) is 18.5. The molecule has 0 bridgehead atoms. The zero-order chi connectivity index (χ0) is 25.4. The lowest BCUT2D eigenvalue weighted by Gasteiger charge is -2.11. The topological polar surface area (TPSA) is 110 Å². The fourth-order valence-corrected chi connectivity index (χ4v) is 3.19. The van der Waals surface area contributed by atoms with E-state index in [1.54, 1.807) is 33.2 Å². The fourth-order valence-electron chi connectivity index (χ4n) is 3.06. The van der Waals surface area contributed by atoms with Crippen LogP contribution in [0.4, 0.5) is 6.01 Å². The minimum Gasteiger partial charge on any atom is -0.402 e. The molecule has 0 aliphatic carbocycles. The summed E-state index contributed by atoms with van der Waals surface area (Å²) in [6, 6.07) is 15.0. The van der Waals surface area contributed by atoms with Gasteiger partial charge in [-0.15, -0.1) is 5.10 Å². The number of carbonyl (C=O) groups is 1. The van der Waals surface area contributed by atoms with E-state index in [9.17, 15) is 4.79 Å². The molecule has 3 aromatic rings. The molecule has 0 saturated heterocycles. The lowest BCUT2D eigenvalue weighted by molar-refractivity contribution is 0.0827. The number of nitrogens with one attached hydrogen (secondary N) is 1. The monoisotopic (exact) mass is 492 g/mol. The molecule has 35 heavy (non-hydrogen) atoms. The Balaban J connectivity index is 1.87. The van der Waals surface area contributed by atoms with Crippen LogP contribution in [0.5, 0.6) is 0 Å². The number of hydrogen-bond donors (Lipinski definition) is 2. The number of halogens is 1. The van der Waals surface area contributed by atoms with E-state index in [1.807, 2.05) is 55.5 Å². The summed E-state index contributed by atoms with van der Waals surface area (Å²) in [6.45, 7) is 4.25. The van der Waals surface area contributed by atoms with Crippen molar-refractivity contribution in [1.29, 1.82) is 0 Å². The number of aliphatic imine (C=N–C) groups is 1. The van der Waals surface area contributed by atoms with Gasteiger partial charge in [0.15, 0.2) is 0 Å². The van der Waals surface area contributed by atoms with Crippen LogP contribution in [0.2, 0.25) is 5.02 Å². The van der Waals surface area contributed by atoms with E-state index in [4.69, 9.17) is 26.7 Å². The van der Waals surface area contributed by atoms with Crippen molar-refractivity contribution in [1.82, 2.24) is 15.1 Å². The molecule has 3 rings (SSSR count). The molecule has 1 amide bonds. The maximum Gasteiger partial charge on any atom is 0.316 e. The van der Waals surface area contributed by atoms with Crippen molar-refractivity contribution in [3.63, 3.8) is 0 Å². The molecule has 2 aromatic carbocycles. The van der Waals surface area contributed by atoms with Crippen molar-refractivity contribution in [2.24, 2.45) is 10.7 Å². The molecule has 1 aromatic heterocycles. The van der Waals surface area contributed by atoms with Crippen LogP contribution < -0.4 is 11.1 Å². The molecule has 0 atom stereocenters. The van der Waals surface area contributed by atoms with Gasteiger partial charge in [-0.2, -0.15) is 0 Å². The minimum absolute atomic E-state index is 0.0676. The van der Waals surface area contributed by atoms with Gasteiger partial charge in [-0.1, -0.05) is 54.0 Å². The molecule has 0 aliphatic rings. The quantitative estimate of drug-likeness (QED) is 0.400. The number of carbonyl (C=O) groups excluding carboxylic acids is 1. The van der Waals surface area contributed by atoms with Crippen molar-refractivity contribution in [3.8, 4) is 0 Å². The predicted molar refractivity (Wildman–Crippen MR) is 140 cm³/mol. The van der Waals surface area contributed by atoms with Crippen LogP contribution in [0.3, 0.4) is 0 Å². The first-order valence-corrected chi connectivity index (χ1v) is 11.5. The summed E-state index contributed by atoms with van der Waals surface area (Å²) in [7, 11) is 3.44.